The molecular formula is C17H28BN3O2. The molecule has 1 aromatic rings. The molecule has 0 aromatic carbocycles. The first-order chi connectivity index (χ1) is 10.8. The Morgan fingerprint density at radius 1 is 1.39 bits per heavy atom. The standard InChI is InChI=1S/C17H28BN3O2/c1-10(2)16(22)23-9-13-12-5-6-14-15(7-8-17(12,13)18)21(11(3)4)20-19-14/h10-13H,5-9,18H2,1-4H3/t12?,13-,17?/m1/s1. The molecule has 0 amide bonds. The third-order valence-corrected chi connectivity index (χ3v) is 5.90. The Morgan fingerprint density at radius 2 is 2.13 bits per heavy atom. The predicted molar refractivity (Wildman–Crippen MR) is 91.1 cm³/mol. The topological polar surface area (TPSA) is 57.0 Å². The van der Waals surface area contributed by atoms with Gasteiger partial charge in [-0.05, 0) is 56.7 Å². The summed E-state index contributed by atoms with van der Waals surface area (Å²) in [5, 5.41) is 9.05. The van der Waals surface area contributed by atoms with Crippen molar-refractivity contribution < 1.29 is 9.53 Å². The first-order valence-electron chi connectivity index (χ1n) is 8.94. The lowest BCUT2D eigenvalue weighted by molar-refractivity contribution is -0.147. The minimum Gasteiger partial charge on any atom is -0.465 e. The third kappa shape index (κ3) is 2.92. The van der Waals surface area contributed by atoms with Crippen LogP contribution < -0.4 is 0 Å². The molecule has 23 heavy (non-hydrogen) atoms. The quantitative estimate of drug-likeness (QED) is 0.629. The highest BCUT2D eigenvalue weighted by Gasteiger charge is 2.60. The van der Waals surface area contributed by atoms with Gasteiger partial charge in [-0.25, -0.2) is 4.68 Å². The van der Waals surface area contributed by atoms with Crippen molar-refractivity contribution in [1.82, 2.24) is 15.0 Å². The molecule has 0 aliphatic heterocycles. The highest BCUT2D eigenvalue weighted by molar-refractivity contribution is 6.18. The lowest BCUT2D eigenvalue weighted by Gasteiger charge is -2.17. The van der Waals surface area contributed by atoms with E-state index in [0.717, 1.165) is 25.7 Å². The van der Waals surface area contributed by atoms with Crippen molar-refractivity contribution in [3.63, 3.8) is 0 Å². The monoisotopic (exact) mass is 317 g/mol. The van der Waals surface area contributed by atoms with Crippen molar-refractivity contribution in [2.24, 2.45) is 17.8 Å². The van der Waals surface area contributed by atoms with Crippen LogP contribution in [0, 0.1) is 17.8 Å². The van der Waals surface area contributed by atoms with Crippen LogP contribution >= 0.6 is 0 Å². The van der Waals surface area contributed by atoms with Gasteiger partial charge in [-0.15, -0.1) is 5.10 Å². The van der Waals surface area contributed by atoms with Crippen LogP contribution in [0.3, 0.4) is 0 Å². The molecule has 126 valence electrons. The number of aromatic nitrogens is 3. The van der Waals surface area contributed by atoms with E-state index in [-0.39, 0.29) is 11.9 Å². The highest BCUT2D eigenvalue weighted by Crippen LogP contribution is 2.68. The van der Waals surface area contributed by atoms with Gasteiger partial charge in [-0.2, -0.15) is 0 Å². The number of hydrogen-bond donors (Lipinski definition) is 0. The minimum absolute atomic E-state index is 0.0420. The van der Waals surface area contributed by atoms with Crippen LogP contribution in [0.4, 0.5) is 0 Å². The lowest BCUT2D eigenvalue weighted by Crippen LogP contribution is -2.15. The van der Waals surface area contributed by atoms with Gasteiger partial charge in [0.05, 0.1) is 23.9 Å². The number of esters is 1. The number of nitrogens with zero attached hydrogens (tertiary/aromatic N) is 3. The maximum Gasteiger partial charge on any atom is 0.308 e. The van der Waals surface area contributed by atoms with Gasteiger partial charge in [0.15, 0.2) is 0 Å². The molecule has 1 fully saturated rings. The van der Waals surface area contributed by atoms with Crippen LogP contribution in [0.15, 0.2) is 0 Å². The number of aryl methyl sites for hydroxylation is 1. The summed E-state index contributed by atoms with van der Waals surface area (Å²) in [6.07, 6.45) is 4.29. The van der Waals surface area contributed by atoms with Crippen molar-refractivity contribution in [3.8, 4) is 0 Å². The number of carbonyl (C=O) groups excluding carboxylic acids is 1. The molecule has 3 atom stereocenters. The Balaban J connectivity index is 1.67. The summed E-state index contributed by atoms with van der Waals surface area (Å²) in [5.74, 6) is 1.04. The molecule has 0 N–H and O–H groups in total. The van der Waals surface area contributed by atoms with Crippen molar-refractivity contribution in [2.75, 3.05) is 6.61 Å². The Hall–Kier alpha value is -1.33. The molecule has 1 heterocycles. The van der Waals surface area contributed by atoms with E-state index in [4.69, 9.17) is 4.74 Å². The van der Waals surface area contributed by atoms with Crippen LogP contribution in [0.2, 0.25) is 5.31 Å². The molecule has 1 saturated carbocycles. The van der Waals surface area contributed by atoms with Crippen molar-refractivity contribution >= 4 is 13.8 Å². The maximum absolute atomic E-state index is 11.7. The van der Waals surface area contributed by atoms with Gasteiger partial charge in [0.25, 0.3) is 0 Å². The van der Waals surface area contributed by atoms with Gasteiger partial charge in [-0.3, -0.25) is 4.79 Å². The number of ether oxygens (including phenoxy) is 1. The summed E-state index contributed by atoms with van der Waals surface area (Å²) in [6.45, 7) is 8.67. The molecule has 0 saturated heterocycles. The van der Waals surface area contributed by atoms with E-state index in [1.807, 2.05) is 13.8 Å². The molecule has 2 aliphatic rings. The fourth-order valence-corrected chi connectivity index (χ4v) is 4.20. The van der Waals surface area contributed by atoms with E-state index in [1.165, 1.54) is 11.4 Å². The molecule has 3 rings (SSSR count). The molecule has 0 bridgehead atoms. The molecular weight excluding hydrogens is 289 g/mol. The van der Waals surface area contributed by atoms with Gasteiger partial charge < -0.3 is 4.74 Å². The van der Waals surface area contributed by atoms with E-state index < -0.39 is 0 Å². The van der Waals surface area contributed by atoms with Crippen LogP contribution in [-0.2, 0) is 22.4 Å². The molecule has 0 spiro atoms. The zero-order valence-corrected chi connectivity index (χ0v) is 15.0. The summed E-state index contributed by atoms with van der Waals surface area (Å²) < 4.78 is 7.59. The molecule has 2 aliphatic carbocycles. The first kappa shape index (κ1) is 16.5. The fraction of sp³-hybridized carbons (Fsp3) is 0.824. The lowest BCUT2D eigenvalue weighted by atomic mass is 9.74. The second-order valence-corrected chi connectivity index (χ2v) is 8.06. The first-order valence-corrected chi connectivity index (χ1v) is 8.94. The summed E-state index contributed by atoms with van der Waals surface area (Å²) in [5.41, 5.74) is 2.48. The van der Waals surface area contributed by atoms with Crippen LogP contribution in [-0.4, -0.2) is 35.4 Å². The number of fused-ring (bicyclic) bond motifs is 2. The maximum atomic E-state index is 11.7. The van der Waals surface area contributed by atoms with Crippen molar-refractivity contribution in [3.05, 3.63) is 11.4 Å². The van der Waals surface area contributed by atoms with Crippen LogP contribution in [0.5, 0.6) is 0 Å². The van der Waals surface area contributed by atoms with Gasteiger partial charge in [-0.1, -0.05) is 19.1 Å². The van der Waals surface area contributed by atoms with Crippen LogP contribution in [0.1, 0.15) is 58.0 Å². The van der Waals surface area contributed by atoms with Gasteiger partial charge in [0.1, 0.15) is 7.85 Å². The molecule has 6 heteroatoms. The fourth-order valence-electron chi connectivity index (χ4n) is 4.20. The normalized spacial score (nSPS) is 29.7. The smallest absolute Gasteiger partial charge is 0.308 e. The summed E-state index contributed by atoms with van der Waals surface area (Å²) in [4.78, 5) is 11.7. The number of rotatable bonds is 4. The Kier molecular flexibility index (Phi) is 4.28. The zero-order valence-electron chi connectivity index (χ0n) is 15.0. The Morgan fingerprint density at radius 3 is 2.78 bits per heavy atom. The Labute approximate surface area is 139 Å². The van der Waals surface area contributed by atoms with Crippen molar-refractivity contribution in [2.45, 2.75) is 64.7 Å². The Bertz CT molecular complexity index is 599. The van der Waals surface area contributed by atoms with E-state index in [0.29, 0.717) is 29.8 Å². The SMILES string of the molecule is BC12CCc3c(nnn3C(C)C)CCC1[C@H]2COC(=O)C(C)C. The van der Waals surface area contributed by atoms with E-state index >= 15 is 0 Å². The predicted octanol–water partition coefficient (Wildman–Crippen LogP) is 1.97. The summed E-state index contributed by atoms with van der Waals surface area (Å²) in [6, 6.07) is 0.358. The zero-order chi connectivity index (χ0) is 16.8. The van der Waals surface area contributed by atoms with Crippen molar-refractivity contribution in [1.29, 1.82) is 0 Å². The summed E-state index contributed by atoms with van der Waals surface area (Å²) in [7, 11) is 2.36. The number of hydrogen-bond acceptors (Lipinski definition) is 4. The third-order valence-electron chi connectivity index (χ3n) is 5.90. The average Bonchev–Trinajstić information content (AvgIpc) is 2.83. The summed E-state index contributed by atoms with van der Waals surface area (Å²) >= 11 is 0. The van der Waals surface area contributed by atoms with Gasteiger partial charge in [0, 0.05) is 6.04 Å². The van der Waals surface area contributed by atoms with E-state index in [1.54, 1.807) is 0 Å². The molecule has 2 unspecified atom stereocenters. The van der Waals surface area contributed by atoms with Gasteiger partial charge in [0.2, 0.25) is 0 Å². The average molecular weight is 317 g/mol. The largest absolute Gasteiger partial charge is 0.465 e. The number of carbonyl (C=O) groups is 1. The second-order valence-electron chi connectivity index (χ2n) is 8.06. The van der Waals surface area contributed by atoms with E-state index in [9.17, 15) is 4.79 Å². The highest BCUT2D eigenvalue weighted by atomic mass is 16.5. The minimum atomic E-state index is -0.0757. The van der Waals surface area contributed by atoms with E-state index in [2.05, 4.69) is 36.7 Å². The molecule has 0 radical (unpaired) electrons. The second kappa shape index (κ2) is 5.95. The molecule has 1 aromatic heterocycles. The molecule has 5 nitrogen and oxygen atoms in total. The van der Waals surface area contributed by atoms with Gasteiger partial charge >= 0.3 is 5.97 Å². The van der Waals surface area contributed by atoms with Crippen LogP contribution in [0.25, 0.3) is 0 Å².